The van der Waals surface area contributed by atoms with Crippen LogP contribution in [0.1, 0.15) is 27.7 Å². The summed E-state index contributed by atoms with van der Waals surface area (Å²) >= 11 is 16.2. The predicted octanol–water partition coefficient (Wildman–Crippen LogP) is 1.79. The molecule has 0 heterocycles. The minimum Gasteiger partial charge on any atom is -0.370 e. The van der Waals surface area contributed by atoms with Crippen LogP contribution in [0.4, 0.5) is 0 Å². The van der Waals surface area contributed by atoms with Gasteiger partial charge in [-0.3, -0.25) is 0 Å². The van der Waals surface area contributed by atoms with Gasteiger partial charge in [0.15, 0.2) is 5.11 Å². The Labute approximate surface area is 139 Å². The number of hydrogen-bond donors (Lipinski definition) is 2. The van der Waals surface area contributed by atoms with E-state index < -0.39 is 11.1 Å². The van der Waals surface area contributed by atoms with Gasteiger partial charge in [-0.1, -0.05) is 24.4 Å². The largest absolute Gasteiger partial charge is 0.370 e. The molecule has 0 atom stereocenters. The Morgan fingerprint density at radius 3 is 1.15 bits per heavy atom. The van der Waals surface area contributed by atoms with Gasteiger partial charge in [0.25, 0.3) is 0 Å². The fraction of sp³-hybridized carbons (Fsp3) is 0.769. The Kier molecular flexibility index (Phi) is 6.77. The molecule has 0 fully saturated rings. The molecular formula is C13H26N4S3. The van der Waals surface area contributed by atoms with Crippen LogP contribution in [0.3, 0.4) is 0 Å². The van der Waals surface area contributed by atoms with Gasteiger partial charge in [-0.15, -0.1) is 0 Å². The second-order valence-electron chi connectivity index (χ2n) is 6.23. The SMILES string of the molecule is CN(C)C(=S)C(C)(C)NC(=S)NC(C)(C)C(=S)N(C)C. The summed E-state index contributed by atoms with van der Waals surface area (Å²) in [5, 5.41) is 7.03. The van der Waals surface area contributed by atoms with Crippen molar-refractivity contribution in [1.82, 2.24) is 20.4 Å². The Morgan fingerprint density at radius 1 is 0.700 bits per heavy atom. The first-order valence-electron chi connectivity index (χ1n) is 6.35. The van der Waals surface area contributed by atoms with Gasteiger partial charge in [0.2, 0.25) is 0 Å². The van der Waals surface area contributed by atoms with Crippen molar-refractivity contribution in [3.05, 3.63) is 0 Å². The standard InChI is InChI=1S/C13H26N4S3/c1-12(2,9(18)16(5)6)14-11(20)15-13(3,4)10(19)17(7)8/h1-8H3,(H2,14,15,20). The van der Waals surface area contributed by atoms with Gasteiger partial charge in [-0.05, 0) is 39.9 Å². The first-order valence-corrected chi connectivity index (χ1v) is 7.57. The smallest absolute Gasteiger partial charge is 0.167 e. The highest BCUT2D eigenvalue weighted by atomic mass is 32.1. The van der Waals surface area contributed by atoms with E-state index in [-0.39, 0.29) is 0 Å². The maximum atomic E-state index is 5.41. The molecule has 0 amide bonds. The molecule has 0 aliphatic heterocycles. The molecule has 116 valence electrons. The van der Waals surface area contributed by atoms with Crippen LogP contribution >= 0.6 is 36.7 Å². The third kappa shape index (κ3) is 5.46. The number of nitrogens with one attached hydrogen (secondary N) is 2. The Hall–Kier alpha value is -0.530. The van der Waals surface area contributed by atoms with Gasteiger partial charge in [0, 0.05) is 28.2 Å². The van der Waals surface area contributed by atoms with E-state index in [1.165, 1.54) is 0 Å². The van der Waals surface area contributed by atoms with Crippen molar-refractivity contribution < 1.29 is 0 Å². The summed E-state index contributed by atoms with van der Waals surface area (Å²) < 4.78 is 0. The molecule has 4 nitrogen and oxygen atoms in total. The topological polar surface area (TPSA) is 30.5 Å². The van der Waals surface area contributed by atoms with Gasteiger partial charge in [-0.25, -0.2) is 0 Å². The summed E-state index contributed by atoms with van der Waals surface area (Å²) in [5.74, 6) is 0. The van der Waals surface area contributed by atoms with E-state index in [1.54, 1.807) is 0 Å². The lowest BCUT2D eigenvalue weighted by molar-refractivity contribution is 0.492. The Balaban J connectivity index is 4.81. The van der Waals surface area contributed by atoms with Gasteiger partial charge >= 0.3 is 0 Å². The molecule has 2 N–H and O–H groups in total. The molecule has 0 saturated heterocycles. The molecule has 0 spiro atoms. The first kappa shape index (κ1) is 19.5. The van der Waals surface area contributed by atoms with Crippen LogP contribution in [0.25, 0.3) is 0 Å². The molecule has 0 aromatic rings. The van der Waals surface area contributed by atoms with Crippen molar-refractivity contribution in [3.8, 4) is 0 Å². The molecule has 0 aromatic carbocycles. The van der Waals surface area contributed by atoms with Crippen LogP contribution in [-0.2, 0) is 0 Å². The highest BCUT2D eigenvalue weighted by Gasteiger charge is 2.30. The number of thiocarbonyl (C=S) groups is 3. The molecule has 0 radical (unpaired) electrons. The molecule has 0 aliphatic rings. The maximum absolute atomic E-state index is 5.41. The Morgan fingerprint density at radius 2 is 0.950 bits per heavy atom. The van der Waals surface area contributed by atoms with E-state index in [0.29, 0.717) is 5.11 Å². The lowest BCUT2D eigenvalue weighted by Gasteiger charge is -2.36. The number of nitrogens with zero attached hydrogens (tertiary/aromatic N) is 2. The van der Waals surface area contributed by atoms with Crippen molar-refractivity contribution in [3.63, 3.8) is 0 Å². The third-order valence-electron chi connectivity index (χ3n) is 2.73. The molecule has 0 saturated carbocycles. The minimum absolute atomic E-state index is 0.404. The summed E-state index contributed by atoms with van der Waals surface area (Å²) in [7, 11) is 7.70. The van der Waals surface area contributed by atoms with Crippen LogP contribution in [0.15, 0.2) is 0 Å². The van der Waals surface area contributed by atoms with Gasteiger partial charge in [0.1, 0.15) is 9.98 Å². The van der Waals surface area contributed by atoms with E-state index in [1.807, 2.05) is 65.7 Å². The highest BCUT2D eigenvalue weighted by molar-refractivity contribution is 7.81. The van der Waals surface area contributed by atoms with E-state index in [2.05, 4.69) is 10.6 Å². The minimum atomic E-state index is -0.404. The lowest BCUT2D eigenvalue weighted by Crippen LogP contribution is -2.61. The van der Waals surface area contributed by atoms with E-state index in [0.717, 1.165) is 9.98 Å². The zero-order chi connectivity index (χ0) is 16.3. The predicted molar refractivity (Wildman–Crippen MR) is 99.6 cm³/mol. The van der Waals surface area contributed by atoms with E-state index in [4.69, 9.17) is 36.7 Å². The zero-order valence-electron chi connectivity index (χ0n) is 13.6. The number of likely N-dealkylation sites (N-methyl/N-ethyl adjacent to an activating group) is 2. The molecule has 0 bridgehead atoms. The van der Waals surface area contributed by atoms with Crippen LogP contribution in [0.5, 0.6) is 0 Å². The highest BCUT2D eigenvalue weighted by Crippen LogP contribution is 2.11. The molecular weight excluding hydrogens is 308 g/mol. The van der Waals surface area contributed by atoms with Crippen molar-refractivity contribution in [2.45, 2.75) is 38.8 Å². The van der Waals surface area contributed by atoms with Crippen molar-refractivity contribution >= 4 is 51.7 Å². The van der Waals surface area contributed by atoms with Crippen LogP contribution in [0, 0.1) is 0 Å². The van der Waals surface area contributed by atoms with Gasteiger partial charge in [-0.2, -0.15) is 0 Å². The summed E-state index contributed by atoms with van der Waals surface area (Å²) in [5.41, 5.74) is -0.808. The van der Waals surface area contributed by atoms with Gasteiger partial charge in [0.05, 0.1) is 11.1 Å². The average Bonchev–Trinajstić information content (AvgIpc) is 2.24. The quantitative estimate of drug-likeness (QED) is 0.758. The molecule has 0 aromatic heterocycles. The van der Waals surface area contributed by atoms with Crippen molar-refractivity contribution in [2.24, 2.45) is 0 Å². The molecule has 0 rings (SSSR count). The van der Waals surface area contributed by atoms with Crippen molar-refractivity contribution in [1.29, 1.82) is 0 Å². The normalized spacial score (nSPS) is 11.6. The van der Waals surface area contributed by atoms with Crippen LogP contribution < -0.4 is 10.6 Å². The second-order valence-corrected chi connectivity index (χ2v) is 7.41. The molecule has 7 heteroatoms. The average molecular weight is 335 g/mol. The maximum Gasteiger partial charge on any atom is 0.167 e. The second kappa shape index (κ2) is 6.95. The molecule has 20 heavy (non-hydrogen) atoms. The lowest BCUT2D eigenvalue weighted by atomic mass is 10.0. The zero-order valence-corrected chi connectivity index (χ0v) is 16.1. The molecule has 0 unspecified atom stereocenters. The van der Waals surface area contributed by atoms with Crippen LogP contribution in [-0.4, -0.2) is 64.2 Å². The molecule has 0 aliphatic carbocycles. The fourth-order valence-corrected chi connectivity index (χ4v) is 2.44. The van der Waals surface area contributed by atoms with E-state index in [9.17, 15) is 0 Å². The monoisotopic (exact) mass is 334 g/mol. The summed E-state index contributed by atoms with van der Waals surface area (Å²) in [6, 6.07) is 0. The first-order chi connectivity index (χ1) is 8.81. The van der Waals surface area contributed by atoms with E-state index >= 15 is 0 Å². The fourth-order valence-electron chi connectivity index (χ4n) is 1.82. The summed E-state index contributed by atoms with van der Waals surface area (Å²) in [6.07, 6.45) is 0. The van der Waals surface area contributed by atoms with Crippen molar-refractivity contribution in [2.75, 3.05) is 28.2 Å². The third-order valence-corrected chi connectivity index (χ3v) is 4.69. The summed E-state index contributed by atoms with van der Waals surface area (Å²) in [6.45, 7) is 8.00. The van der Waals surface area contributed by atoms with Gasteiger partial charge < -0.3 is 20.4 Å². The summed E-state index contributed by atoms with van der Waals surface area (Å²) in [4.78, 5) is 5.38. The number of rotatable bonds is 4. The van der Waals surface area contributed by atoms with Crippen LogP contribution in [0.2, 0.25) is 0 Å². The number of hydrogen-bond acceptors (Lipinski definition) is 3. The Bertz CT molecular complexity index is 364.